The molecule has 2 N–H and O–H groups in total. The highest BCUT2D eigenvalue weighted by Gasteiger charge is 2.31. The maximum atomic E-state index is 12.3. The monoisotopic (exact) mass is 290 g/mol. The van der Waals surface area contributed by atoms with Crippen LogP contribution in [0.25, 0.3) is 0 Å². The summed E-state index contributed by atoms with van der Waals surface area (Å²) in [5.74, 6) is 0.606. The van der Waals surface area contributed by atoms with E-state index in [9.17, 15) is 8.42 Å². The van der Waals surface area contributed by atoms with E-state index in [1.54, 1.807) is 4.31 Å². The van der Waals surface area contributed by atoms with Gasteiger partial charge in [-0.3, -0.25) is 0 Å². The molecule has 0 aromatic heterocycles. The minimum atomic E-state index is -3.29. The number of piperidine rings is 1. The molecule has 2 aliphatic rings. The lowest BCUT2D eigenvalue weighted by atomic mass is 9.98. The van der Waals surface area contributed by atoms with Crippen molar-refractivity contribution in [3.05, 3.63) is 0 Å². The van der Waals surface area contributed by atoms with Crippen molar-refractivity contribution in [2.24, 2.45) is 5.92 Å². The molecule has 2 rings (SSSR count). The molecule has 2 aliphatic heterocycles. The third-order valence-electron chi connectivity index (χ3n) is 4.11. The second-order valence-electron chi connectivity index (χ2n) is 5.77. The Morgan fingerprint density at radius 2 is 1.84 bits per heavy atom. The molecule has 1 unspecified atom stereocenters. The molecule has 0 amide bonds. The van der Waals surface area contributed by atoms with Crippen LogP contribution in [0.2, 0.25) is 0 Å². The van der Waals surface area contributed by atoms with Gasteiger partial charge < -0.3 is 10.2 Å². The van der Waals surface area contributed by atoms with Gasteiger partial charge in [-0.05, 0) is 52.4 Å². The summed E-state index contributed by atoms with van der Waals surface area (Å²) in [5, 5.41) is 3.17. The Labute approximate surface area is 116 Å². The van der Waals surface area contributed by atoms with Crippen LogP contribution in [0.4, 0.5) is 0 Å². The van der Waals surface area contributed by atoms with E-state index in [4.69, 9.17) is 0 Å². The van der Waals surface area contributed by atoms with Crippen LogP contribution in [-0.2, 0) is 10.2 Å². The Bertz CT molecular complexity index is 379. The molecule has 0 aliphatic carbocycles. The molecule has 112 valence electrons. The first-order valence-corrected chi connectivity index (χ1v) is 8.56. The third-order valence-corrected chi connectivity index (χ3v) is 5.79. The van der Waals surface area contributed by atoms with E-state index >= 15 is 0 Å². The summed E-state index contributed by atoms with van der Waals surface area (Å²) >= 11 is 0. The molecule has 0 bridgehead atoms. The fourth-order valence-corrected chi connectivity index (χ4v) is 4.41. The first kappa shape index (κ1) is 15.2. The first-order valence-electron chi connectivity index (χ1n) is 7.12. The predicted octanol–water partition coefficient (Wildman–Crippen LogP) is -0.544. The smallest absolute Gasteiger partial charge is 0.279 e. The first-order chi connectivity index (χ1) is 9.01. The Kier molecular flexibility index (Phi) is 5.19. The van der Waals surface area contributed by atoms with Crippen molar-refractivity contribution >= 4 is 10.2 Å². The van der Waals surface area contributed by atoms with Crippen LogP contribution in [0.15, 0.2) is 0 Å². The molecule has 1 atom stereocenters. The third kappa shape index (κ3) is 4.13. The molecule has 2 heterocycles. The minimum absolute atomic E-state index is 0.0741. The second-order valence-corrected chi connectivity index (χ2v) is 7.47. The summed E-state index contributed by atoms with van der Waals surface area (Å²) < 4.78 is 29.0. The van der Waals surface area contributed by atoms with Crippen LogP contribution in [0.1, 0.15) is 19.3 Å². The number of rotatable bonds is 5. The quantitative estimate of drug-likeness (QED) is 0.713. The van der Waals surface area contributed by atoms with Crippen LogP contribution in [0.5, 0.6) is 0 Å². The molecule has 19 heavy (non-hydrogen) atoms. The number of nitrogens with zero attached hydrogens (tertiary/aromatic N) is 2. The van der Waals surface area contributed by atoms with Crippen molar-refractivity contribution in [1.29, 1.82) is 0 Å². The zero-order valence-corrected chi connectivity index (χ0v) is 12.7. The summed E-state index contributed by atoms with van der Waals surface area (Å²) in [5.41, 5.74) is 0. The van der Waals surface area contributed by atoms with Gasteiger partial charge in [-0.1, -0.05) is 0 Å². The molecular weight excluding hydrogens is 264 g/mol. The zero-order chi connectivity index (χ0) is 13.9. The lowest BCUT2D eigenvalue weighted by Crippen LogP contribution is -2.49. The molecule has 2 saturated heterocycles. The number of hydrogen-bond donors (Lipinski definition) is 2. The number of likely N-dealkylation sites (N-methyl/N-ethyl adjacent to an activating group) is 1. The van der Waals surface area contributed by atoms with E-state index < -0.39 is 10.2 Å². The number of hydrogen-bond acceptors (Lipinski definition) is 4. The molecule has 0 aromatic rings. The summed E-state index contributed by atoms with van der Waals surface area (Å²) in [6.45, 7) is 4.05. The van der Waals surface area contributed by atoms with E-state index in [0.29, 0.717) is 19.0 Å². The van der Waals surface area contributed by atoms with Gasteiger partial charge in [-0.15, -0.1) is 0 Å². The SMILES string of the molecule is CNCC1CCN(S(=O)(=O)NC2CCN(C)C2)CC1. The maximum absolute atomic E-state index is 12.3. The van der Waals surface area contributed by atoms with Crippen molar-refractivity contribution in [3.63, 3.8) is 0 Å². The van der Waals surface area contributed by atoms with Gasteiger partial charge in [0.2, 0.25) is 0 Å². The Morgan fingerprint density at radius 3 is 2.37 bits per heavy atom. The topological polar surface area (TPSA) is 64.7 Å². The summed E-state index contributed by atoms with van der Waals surface area (Å²) in [6, 6.07) is 0.0741. The van der Waals surface area contributed by atoms with Gasteiger partial charge in [0, 0.05) is 25.7 Å². The van der Waals surface area contributed by atoms with Crippen molar-refractivity contribution in [2.75, 3.05) is 46.8 Å². The highest BCUT2D eigenvalue weighted by molar-refractivity contribution is 7.87. The molecule has 0 radical (unpaired) electrons. The highest BCUT2D eigenvalue weighted by atomic mass is 32.2. The van der Waals surface area contributed by atoms with Gasteiger partial charge in [-0.25, -0.2) is 0 Å². The largest absolute Gasteiger partial charge is 0.319 e. The Morgan fingerprint density at radius 1 is 1.16 bits per heavy atom. The van der Waals surface area contributed by atoms with Crippen LogP contribution in [-0.4, -0.2) is 70.5 Å². The van der Waals surface area contributed by atoms with Crippen LogP contribution in [0.3, 0.4) is 0 Å². The average Bonchev–Trinajstić information content (AvgIpc) is 2.75. The molecule has 0 aromatic carbocycles. The normalized spacial score (nSPS) is 28.0. The maximum Gasteiger partial charge on any atom is 0.279 e. The molecule has 7 heteroatoms. The lowest BCUT2D eigenvalue weighted by molar-refractivity contribution is 0.267. The molecule has 0 spiro atoms. The molecule has 0 saturated carbocycles. The van der Waals surface area contributed by atoms with Gasteiger partial charge >= 0.3 is 0 Å². The van der Waals surface area contributed by atoms with E-state index in [1.807, 2.05) is 14.1 Å². The van der Waals surface area contributed by atoms with Gasteiger partial charge in [0.05, 0.1) is 0 Å². The van der Waals surface area contributed by atoms with E-state index in [1.165, 1.54) is 0 Å². The van der Waals surface area contributed by atoms with Crippen molar-refractivity contribution in [3.8, 4) is 0 Å². The van der Waals surface area contributed by atoms with E-state index in [2.05, 4.69) is 14.9 Å². The van der Waals surface area contributed by atoms with E-state index in [-0.39, 0.29) is 6.04 Å². The summed E-state index contributed by atoms with van der Waals surface area (Å²) in [6.07, 6.45) is 2.81. The van der Waals surface area contributed by atoms with Gasteiger partial charge in [0.15, 0.2) is 0 Å². The van der Waals surface area contributed by atoms with Gasteiger partial charge in [0.1, 0.15) is 0 Å². The minimum Gasteiger partial charge on any atom is -0.319 e. The van der Waals surface area contributed by atoms with Crippen molar-refractivity contribution < 1.29 is 8.42 Å². The van der Waals surface area contributed by atoms with Crippen LogP contribution >= 0.6 is 0 Å². The average molecular weight is 290 g/mol. The fourth-order valence-electron chi connectivity index (χ4n) is 2.96. The standard InChI is InChI=1S/C12H26N4O2S/c1-13-9-11-3-7-16(8-4-11)19(17,18)14-12-5-6-15(2)10-12/h11-14H,3-10H2,1-2H3. The molecule has 6 nitrogen and oxygen atoms in total. The van der Waals surface area contributed by atoms with Crippen LogP contribution in [0, 0.1) is 5.92 Å². The number of nitrogens with one attached hydrogen (secondary N) is 2. The number of likely N-dealkylation sites (tertiary alicyclic amines) is 1. The lowest BCUT2D eigenvalue weighted by Gasteiger charge is -2.31. The zero-order valence-electron chi connectivity index (χ0n) is 11.9. The Hall–Kier alpha value is -0.210. The summed E-state index contributed by atoms with van der Waals surface area (Å²) in [4.78, 5) is 2.16. The molecule has 2 fully saturated rings. The predicted molar refractivity (Wildman–Crippen MR) is 76.2 cm³/mol. The fraction of sp³-hybridized carbons (Fsp3) is 1.00. The highest BCUT2D eigenvalue weighted by Crippen LogP contribution is 2.19. The van der Waals surface area contributed by atoms with Crippen LogP contribution < -0.4 is 10.0 Å². The van der Waals surface area contributed by atoms with Crippen molar-refractivity contribution in [2.45, 2.75) is 25.3 Å². The molecular formula is C12H26N4O2S. The second kappa shape index (κ2) is 6.49. The summed E-state index contributed by atoms with van der Waals surface area (Å²) in [7, 11) is 0.679. The van der Waals surface area contributed by atoms with Gasteiger partial charge in [0.25, 0.3) is 10.2 Å². The van der Waals surface area contributed by atoms with Gasteiger partial charge in [-0.2, -0.15) is 17.4 Å². The van der Waals surface area contributed by atoms with E-state index in [0.717, 1.165) is 38.9 Å². The van der Waals surface area contributed by atoms with Crippen molar-refractivity contribution in [1.82, 2.24) is 19.2 Å². The Balaban J connectivity index is 1.83.